The number of nitrogens with zero attached hydrogens (tertiary/aromatic N) is 6. The molecule has 0 atom stereocenters. The van der Waals surface area contributed by atoms with E-state index in [2.05, 4.69) is 25.5 Å². The first-order valence-electron chi connectivity index (χ1n) is 8.63. The van der Waals surface area contributed by atoms with Gasteiger partial charge in [-0.15, -0.1) is 5.10 Å². The number of benzene rings is 2. The molecule has 2 heterocycles. The first-order chi connectivity index (χ1) is 14.7. The van der Waals surface area contributed by atoms with Gasteiger partial charge < -0.3 is 5.73 Å². The van der Waals surface area contributed by atoms with E-state index in [0.717, 1.165) is 10.9 Å². The molecule has 0 aliphatic rings. The Morgan fingerprint density at radius 2 is 1.71 bits per heavy atom. The number of primary amides is 1. The molecule has 31 heavy (non-hydrogen) atoms. The maximum atomic E-state index is 13.8. The predicted octanol–water partition coefficient (Wildman–Crippen LogP) is 3.56. The van der Waals surface area contributed by atoms with E-state index in [-0.39, 0.29) is 22.8 Å². The highest BCUT2D eigenvalue weighted by Crippen LogP contribution is 2.36. The average molecular weight is 446 g/mol. The van der Waals surface area contributed by atoms with Crippen LogP contribution >= 0.6 is 11.6 Å². The Bertz CT molecular complexity index is 1250. The lowest BCUT2D eigenvalue weighted by atomic mass is 10.1. The molecule has 0 aliphatic carbocycles. The van der Waals surface area contributed by atoms with E-state index in [0.29, 0.717) is 10.7 Å². The smallest absolute Gasteiger partial charge is 0.366 e. The molecule has 4 aromatic rings. The van der Waals surface area contributed by atoms with Gasteiger partial charge in [0.25, 0.3) is 0 Å². The second-order valence-electron chi connectivity index (χ2n) is 6.29. The van der Waals surface area contributed by atoms with E-state index < -0.39 is 23.3 Å². The summed E-state index contributed by atoms with van der Waals surface area (Å²) in [5, 5.41) is 11.4. The van der Waals surface area contributed by atoms with Gasteiger partial charge in [0.2, 0.25) is 5.91 Å². The minimum atomic E-state index is -4.81. The van der Waals surface area contributed by atoms with Crippen molar-refractivity contribution in [3.63, 3.8) is 0 Å². The van der Waals surface area contributed by atoms with Crippen LogP contribution in [-0.2, 0) is 6.18 Å². The van der Waals surface area contributed by atoms with Crippen molar-refractivity contribution in [2.24, 2.45) is 5.73 Å². The summed E-state index contributed by atoms with van der Waals surface area (Å²) in [4.78, 5) is 18.9. The van der Waals surface area contributed by atoms with Crippen LogP contribution in [0.1, 0.15) is 16.1 Å². The minimum absolute atomic E-state index is 0.183. The molecule has 0 saturated heterocycles. The summed E-state index contributed by atoms with van der Waals surface area (Å²) in [7, 11) is 0. The van der Waals surface area contributed by atoms with E-state index in [1.807, 2.05) is 0 Å². The molecule has 0 aliphatic heterocycles. The highest BCUT2D eigenvalue weighted by molar-refractivity contribution is 6.30. The predicted molar refractivity (Wildman–Crippen MR) is 104 cm³/mol. The topological polar surface area (TPSA) is 112 Å². The van der Waals surface area contributed by atoms with Gasteiger partial charge >= 0.3 is 6.18 Å². The number of tetrazole rings is 1. The number of rotatable bonds is 4. The van der Waals surface area contributed by atoms with Crippen LogP contribution in [-0.4, -0.2) is 36.1 Å². The summed E-state index contributed by atoms with van der Waals surface area (Å²) in [6.45, 7) is 0. The van der Waals surface area contributed by atoms with Gasteiger partial charge in [-0.2, -0.15) is 17.9 Å². The van der Waals surface area contributed by atoms with Gasteiger partial charge in [0.1, 0.15) is 0 Å². The Labute approximate surface area is 177 Å². The Morgan fingerprint density at radius 1 is 1.03 bits per heavy atom. The lowest BCUT2D eigenvalue weighted by Gasteiger charge is -2.13. The van der Waals surface area contributed by atoms with Crippen LogP contribution in [0.25, 0.3) is 28.5 Å². The largest absolute Gasteiger partial charge is 0.434 e. The fourth-order valence-electron chi connectivity index (χ4n) is 2.80. The van der Waals surface area contributed by atoms with Crippen molar-refractivity contribution in [1.82, 2.24) is 30.2 Å². The molecule has 1 amide bonds. The first kappa shape index (κ1) is 20.4. The van der Waals surface area contributed by atoms with E-state index in [4.69, 9.17) is 17.3 Å². The molecule has 4 rings (SSSR count). The summed E-state index contributed by atoms with van der Waals surface area (Å²) in [5.74, 6) is -1.03. The zero-order valence-electron chi connectivity index (χ0n) is 15.4. The van der Waals surface area contributed by atoms with Crippen molar-refractivity contribution >= 4 is 17.5 Å². The van der Waals surface area contributed by atoms with Crippen LogP contribution in [0.5, 0.6) is 0 Å². The number of amides is 1. The average Bonchev–Trinajstić information content (AvgIpc) is 3.23. The number of alkyl halides is 3. The monoisotopic (exact) mass is 445 g/mol. The number of halogens is 4. The molecule has 12 heteroatoms. The van der Waals surface area contributed by atoms with Gasteiger partial charge in [0.15, 0.2) is 17.3 Å². The standard InChI is InChI=1S/C19H11ClF3N7O/c20-12-5-7-13(8-6-12)30-18(27-28-29-30)14-9-25-17(26-15(14)19(21,22)23)11-3-1-10(2-4-11)16(24)31/h1-9H,(H2,24,31). The summed E-state index contributed by atoms with van der Waals surface area (Å²) >= 11 is 5.86. The molecular formula is C19H11ClF3N7O. The van der Waals surface area contributed by atoms with Gasteiger partial charge in [-0.25, -0.2) is 9.97 Å². The fourth-order valence-corrected chi connectivity index (χ4v) is 2.92. The van der Waals surface area contributed by atoms with Crippen molar-refractivity contribution in [1.29, 1.82) is 0 Å². The van der Waals surface area contributed by atoms with Crippen LogP contribution in [0.2, 0.25) is 5.02 Å². The van der Waals surface area contributed by atoms with Gasteiger partial charge in [-0.3, -0.25) is 4.79 Å². The van der Waals surface area contributed by atoms with Gasteiger partial charge in [-0.1, -0.05) is 23.7 Å². The molecule has 0 bridgehead atoms. The van der Waals surface area contributed by atoms with Crippen LogP contribution in [0, 0.1) is 0 Å². The van der Waals surface area contributed by atoms with E-state index in [9.17, 15) is 18.0 Å². The quantitative estimate of drug-likeness (QED) is 0.514. The Morgan fingerprint density at radius 3 is 2.32 bits per heavy atom. The number of aromatic nitrogens is 6. The third-order valence-corrected chi connectivity index (χ3v) is 4.52. The van der Waals surface area contributed by atoms with Crippen molar-refractivity contribution in [2.75, 3.05) is 0 Å². The molecule has 156 valence electrons. The molecule has 0 saturated carbocycles. The maximum Gasteiger partial charge on any atom is 0.434 e. The Balaban J connectivity index is 1.82. The summed E-state index contributed by atoms with van der Waals surface area (Å²) < 4.78 is 42.7. The molecular weight excluding hydrogens is 435 g/mol. The molecule has 8 nitrogen and oxygen atoms in total. The molecule has 0 radical (unpaired) electrons. The van der Waals surface area contributed by atoms with Gasteiger partial charge in [-0.05, 0) is 46.8 Å². The van der Waals surface area contributed by atoms with E-state index in [1.165, 1.54) is 24.3 Å². The second kappa shape index (κ2) is 7.76. The van der Waals surface area contributed by atoms with Crippen LogP contribution < -0.4 is 5.73 Å². The van der Waals surface area contributed by atoms with Crippen LogP contribution in [0.3, 0.4) is 0 Å². The first-order valence-corrected chi connectivity index (χ1v) is 9.01. The van der Waals surface area contributed by atoms with Gasteiger partial charge in [0, 0.05) is 22.3 Å². The van der Waals surface area contributed by atoms with Crippen LogP contribution in [0.15, 0.2) is 54.7 Å². The molecule has 2 aromatic heterocycles. The molecule has 0 unspecified atom stereocenters. The van der Waals surface area contributed by atoms with E-state index in [1.54, 1.807) is 24.3 Å². The lowest BCUT2D eigenvalue weighted by Crippen LogP contribution is -2.14. The van der Waals surface area contributed by atoms with Gasteiger partial charge in [0.05, 0.1) is 11.3 Å². The van der Waals surface area contributed by atoms with E-state index >= 15 is 0 Å². The second-order valence-corrected chi connectivity index (χ2v) is 6.72. The zero-order chi connectivity index (χ0) is 22.2. The van der Waals surface area contributed by atoms with Crippen molar-refractivity contribution < 1.29 is 18.0 Å². The normalized spacial score (nSPS) is 11.5. The number of hydrogen-bond acceptors (Lipinski definition) is 6. The number of carbonyl (C=O) groups is 1. The fraction of sp³-hybridized carbons (Fsp3) is 0.0526. The van der Waals surface area contributed by atoms with Crippen molar-refractivity contribution in [2.45, 2.75) is 6.18 Å². The summed E-state index contributed by atoms with van der Waals surface area (Å²) in [6.07, 6.45) is -3.80. The molecule has 0 spiro atoms. The zero-order valence-corrected chi connectivity index (χ0v) is 16.1. The third-order valence-electron chi connectivity index (χ3n) is 4.27. The minimum Gasteiger partial charge on any atom is -0.366 e. The third kappa shape index (κ3) is 4.08. The van der Waals surface area contributed by atoms with Crippen molar-refractivity contribution in [3.05, 3.63) is 71.0 Å². The van der Waals surface area contributed by atoms with Crippen LogP contribution in [0.4, 0.5) is 13.2 Å². The number of carbonyl (C=O) groups excluding carboxylic acids is 1. The maximum absolute atomic E-state index is 13.8. The molecule has 0 fully saturated rings. The highest BCUT2D eigenvalue weighted by Gasteiger charge is 2.38. The van der Waals surface area contributed by atoms with Crippen molar-refractivity contribution in [3.8, 4) is 28.5 Å². The highest BCUT2D eigenvalue weighted by atomic mass is 35.5. The summed E-state index contributed by atoms with van der Waals surface area (Å²) in [6, 6.07) is 11.8. The summed E-state index contributed by atoms with van der Waals surface area (Å²) in [5.41, 5.74) is 4.47. The Kier molecular flexibility index (Phi) is 5.11. The number of nitrogens with two attached hydrogens (primary N) is 1. The number of hydrogen-bond donors (Lipinski definition) is 1. The molecule has 2 aromatic carbocycles. The lowest BCUT2D eigenvalue weighted by molar-refractivity contribution is -0.140. The SMILES string of the molecule is NC(=O)c1ccc(-c2ncc(-c3nnnn3-c3ccc(Cl)cc3)c(C(F)(F)F)n2)cc1. The molecule has 2 N–H and O–H groups in total. The Hall–Kier alpha value is -3.86.